The van der Waals surface area contributed by atoms with Crippen LogP contribution in [0.25, 0.3) is 0 Å². The Morgan fingerprint density at radius 2 is 1.27 bits per heavy atom. The lowest BCUT2D eigenvalue weighted by atomic mass is 10.3. The Labute approximate surface area is 140 Å². The standard InChI is InChI=1S/C8H9NO.C5H5N.2C2H6.CH3Cl/c1-7(10)9-8-5-3-2-4-6-8;1-2-4-6-5-3-1;3*1-2/h2-6H,1H3,(H,9,10);1-5H;2*1-2H3;1H3. The predicted molar refractivity (Wildman–Crippen MR) is 99.5 cm³/mol. The number of hydrogen-bond donors (Lipinski definition) is 1. The van der Waals surface area contributed by atoms with Crippen molar-refractivity contribution in [3.05, 3.63) is 60.9 Å². The van der Waals surface area contributed by atoms with Crippen LogP contribution < -0.4 is 5.32 Å². The molecule has 2 aromatic rings. The molecule has 0 bridgehead atoms. The average molecular weight is 325 g/mol. The predicted octanol–water partition coefficient (Wildman–Crippen LogP) is 5.63. The van der Waals surface area contributed by atoms with Crippen LogP contribution in [0.2, 0.25) is 0 Å². The number of benzene rings is 1. The first-order valence-corrected chi connectivity index (χ1v) is 8.10. The molecule has 124 valence electrons. The molecule has 2 rings (SSSR count). The molecule has 1 aromatic heterocycles. The van der Waals surface area contributed by atoms with Crippen LogP contribution in [0, 0.1) is 0 Å². The van der Waals surface area contributed by atoms with E-state index in [1.807, 2.05) is 76.2 Å². The third-order valence-electron chi connectivity index (χ3n) is 1.66. The summed E-state index contributed by atoms with van der Waals surface area (Å²) in [7, 11) is 0. The first-order valence-electron chi connectivity index (χ1n) is 7.34. The number of amides is 1. The van der Waals surface area contributed by atoms with Gasteiger partial charge in [0.05, 0.1) is 0 Å². The summed E-state index contributed by atoms with van der Waals surface area (Å²) in [6, 6.07) is 15.1. The minimum absolute atomic E-state index is 0.0359. The van der Waals surface area contributed by atoms with Crippen LogP contribution in [-0.2, 0) is 4.79 Å². The number of halogens is 1. The Hall–Kier alpha value is -1.87. The summed E-state index contributed by atoms with van der Waals surface area (Å²) in [6.45, 7) is 9.49. The van der Waals surface area contributed by atoms with Crippen molar-refractivity contribution < 1.29 is 4.79 Å². The topological polar surface area (TPSA) is 42.0 Å². The van der Waals surface area contributed by atoms with Crippen molar-refractivity contribution in [2.75, 3.05) is 11.7 Å². The zero-order valence-corrected chi connectivity index (χ0v) is 15.3. The first kappa shape index (κ1) is 25.1. The van der Waals surface area contributed by atoms with E-state index in [4.69, 9.17) is 0 Å². The second-order valence-electron chi connectivity index (χ2n) is 3.07. The highest BCUT2D eigenvalue weighted by molar-refractivity contribution is 6.15. The van der Waals surface area contributed by atoms with Crippen LogP contribution >= 0.6 is 11.6 Å². The molecule has 22 heavy (non-hydrogen) atoms. The number of rotatable bonds is 1. The summed E-state index contributed by atoms with van der Waals surface area (Å²) in [5.41, 5.74) is 0.843. The summed E-state index contributed by atoms with van der Waals surface area (Å²) in [5, 5.41) is 2.67. The fourth-order valence-corrected chi connectivity index (χ4v) is 1.04. The van der Waals surface area contributed by atoms with Gasteiger partial charge in [-0.1, -0.05) is 52.0 Å². The van der Waals surface area contributed by atoms with Gasteiger partial charge in [-0.3, -0.25) is 9.78 Å². The van der Waals surface area contributed by atoms with Crippen LogP contribution in [0.1, 0.15) is 34.6 Å². The zero-order valence-electron chi connectivity index (χ0n) is 14.5. The molecule has 0 aliphatic carbocycles. The van der Waals surface area contributed by atoms with Gasteiger partial charge in [-0.2, -0.15) is 0 Å². The molecule has 0 unspecified atom stereocenters. The smallest absolute Gasteiger partial charge is 0.221 e. The Kier molecular flexibility index (Phi) is 27.6. The highest BCUT2D eigenvalue weighted by Crippen LogP contribution is 2.03. The zero-order chi connectivity index (χ0) is 17.6. The van der Waals surface area contributed by atoms with Gasteiger partial charge in [-0.15, -0.1) is 11.6 Å². The number of carbonyl (C=O) groups excluding carboxylic acids is 1. The van der Waals surface area contributed by atoms with E-state index in [1.54, 1.807) is 12.4 Å². The lowest BCUT2D eigenvalue weighted by Gasteiger charge is -1.98. The minimum Gasteiger partial charge on any atom is -0.326 e. The van der Waals surface area contributed by atoms with E-state index < -0.39 is 0 Å². The molecule has 1 N–H and O–H groups in total. The maximum absolute atomic E-state index is 10.5. The number of anilines is 1. The molecule has 0 radical (unpaired) electrons. The molecule has 1 heterocycles. The first-order chi connectivity index (χ1) is 10.8. The largest absolute Gasteiger partial charge is 0.326 e. The van der Waals surface area contributed by atoms with Gasteiger partial charge < -0.3 is 5.32 Å². The van der Waals surface area contributed by atoms with Gasteiger partial charge in [0.25, 0.3) is 0 Å². The van der Waals surface area contributed by atoms with Crippen molar-refractivity contribution in [1.29, 1.82) is 0 Å². The number of hydrogen-bond acceptors (Lipinski definition) is 2. The number of para-hydroxylation sites is 1. The van der Waals surface area contributed by atoms with Gasteiger partial charge in [0.1, 0.15) is 0 Å². The Morgan fingerprint density at radius 1 is 0.864 bits per heavy atom. The molecule has 0 saturated heterocycles. The lowest BCUT2D eigenvalue weighted by Crippen LogP contribution is -2.04. The molecule has 0 spiro atoms. The SMILES string of the molecule is CC.CC.CC(=O)Nc1ccccc1.CCl.c1ccncc1. The van der Waals surface area contributed by atoms with E-state index in [0.717, 1.165) is 5.69 Å². The lowest BCUT2D eigenvalue weighted by molar-refractivity contribution is -0.114. The van der Waals surface area contributed by atoms with E-state index in [0.29, 0.717) is 0 Å². The van der Waals surface area contributed by atoms with Crippen LogP contribution in [0.15, 0.2) is 60.9 Å². The van der Waals surface area contributed by atoms with E-state index in [1.165, 1.54) is 13.3 Å². The summed E-state index contributed by atoms with van der Waals surface area (Å²) in [4.78, 5) is 14.3. The van der Waals surface area contributed by atoms with Crippen molar-refractivity contribution in [1.82, 2.24) is 4.98 Å². The molecule has 0 atom stereocenters. The average Bonchev–Trinajstić information content (AvgIpc) is 2.63. The fourth-order valence-electron chi connectivity index (χ4n) is 1.04. The van der Waals surface area contributed by atoms with Crippen molar-refractivity contribution in [3.63, 3.8) is 0 Å². The number of aromatic nitrogens is 1. The number of alkyl halides is 1. The van der Waals surface area contributed by atoms with Gasteiger partial charge in [-0.05, 0) is 24.3 Å². The molecular weight excluding hydrogens is 296 g/mol. The van der Waals surface area contributed by atoms with E-state index in [9.17, 15) is 4.79 Å². The Balaban J connectivity index is -0.000000258. The molecular formula is C18H29ClN2O. The van der Waals surface area contributed by atoms with Crippen LogP contribution in [0.3, 0.4) is 0 Å². The number of pyridine rings is 1. The van der Waals surface area contributed by atoms with Crippen LogP contribution in [0.4, 0.5) is 5.69 Å². The number of carbonyl (C=O) groups is 1. The van der Waals surface area contributed by atoms with Crippen molar-refractivity contribution in [2.24, 2.45) is 0 Å². The third-order valence-corrected chi connectivity index (χ3v) is 1.66. The molecule has 3 nitrogen and oxygen atoms in total. The summed E-state index contributed by atoms with van der Waals surface area (Å²) in [6.07, 6.45) is 4.97. The summed E-state index contributed by atoms with van der Waals surface area (Å²) in [5.74, 6) is -0.0359. The van der Waals surface area contributed by atoms with Crippen molar-refractivity contribution >= 4 is 23.2 Å². The van der Waals surface area contributed by atoms with Crippen LogP contribution in [-0.4, -0.2) is 17.3 Å². The third kappa shape index (κ3) is 20.4. The van der Waals surface area contributed by atoms with Crippen molar-refractivity contribution in [2.45, 2.75) is 34.6 Å². The molecule has 0 fully saturated rings. The second-order valence-corrected chi connectivity index (χ2v) is 3.07. The van der Waals surface area contributed by atoms with Crippen LogP contribution in [0.5, 0.6) is 0 Å². The second kappa shape index (κ2) is 24.2. The normalized spacial score (nSPS) is 7.05. The van der Waals surface area contributed by atoms with Gasteiger partial charge in [0.2, 0.25) is 5.91 Å². The van der Waals surface area contributed by atoms with E-state index in [2.05, 4.69) is 21.9 Å². The highest BCUT2D eigenvalue weighted by Gasteiger charge is 1.90. The van der Waals surface area contributed by atoms with E-state index in [-0.39, 0.29) is 5.91 Å². The van der Waals surface area contributed by atoms with Gasteiger partial charge in [0, 0.05) is 31.4 Å². The molecule has 1 aromatic carbocycles. The number of nitrogens with zero attached hydrogens (tertiary/aromatic N) is 1. The maximum atomic E-state index is 10.5. The molecule has 0 aliphatic heterocycles. The van der Waals surface area contributed by atoms with Crippen molar-refractivity contribution in [3.8, 4) is 0 Å². The molecule has 0 aliphatic rings. The summed E-state index contributed by atoms with van der Waals surface area (Å²) < 4.78 is 0. The quantitative estimate of drug-likeness (QED) is 0.690. The van der Waals surface area contributed by atoms with Gasteiger partial charge in [-0.25, -0.2) is 0 Å². The van der Waals surface area contributed by atoms with Gasteiger partial charge >= 0.3 is 0 Å². The molecule has 4 heteroatoms. The monoisotopic (exact) mass is 324 g/mol. The van der Waals surface area contributed by atoms with E-state index >= 15 is 0 Å². The fraction of sp³-hybridized carbons (Fsp3) is 0.333. The molecule has 0 saturated carbocycles. The number of nitrogens with one attached hydrogen (secondary N) is 1. The summed E-state index contributed by atoms with van der Waals surface area (Å²) >= 11 is 4.64. The van der Waals surface area contributed by atoms with Gasteiger partial charge in [0.15, 0.2) is 0 Å². The maximum Gasteiger partial charge on any atom is 0.221 e. The highest BCUT2D eigenvalue weighted by atomic mass is 35.5. The Morgan fingerprint density at radius 3 is 1.55 bits per heavy atom. The molecule has 1 amide bonds. The minimum atomic E-state index is -0.0359. The Bertz CT molecular complexity index is 381.